The number of rotatable bonds is 9. The third-order valence-electron chi connectivity index (χ3n) is 6.18. The topological polar surface area (TPSA) is 108 Å². The maximum atomic E-state index is 11.4. The van der Waals surface area contributed by atoms with Crippen LogP contribution in [0.3, 0.4) is 0 Å². The molecule has 0 radical (unpaired) electrons. The highest BCUT2D eigenvalue weighted by molar-refractivity contribution is 5.65. The van der Waals surface area contributed by atoms with Gasteiger partial charge in [-0.05, 0) is 41.5 Å². The van der Waals surface area contributed by atoms with Crippen LogP contribution in [0.1, 0.15) is 44.2 Å². The number of aliphatic hydroxyl groups excluding tert-OH is 1. The summed E-state index contributed by atoms with van der Waals surface area (Å²) in [6.07, 6.45) is 0.340. The molecule has 1 unspecified atom stereocenters. The predicted octanol–water partition coefficient (Wildman–Crippen LogP) is 4.84. The van der Waals surface area contributed by atoms with Gasteiger partial charge in [0.1, 0.15) is 0 Å². The van der Waals surface area contributed by atoms with E-state index in [2.05, 4.69) is 43.2 Å². The first-order chi connectivity index (χ1) is 16.1. The predicted molar refractivity (Wildman–Crippen MR) is 136 cm³/mol. The highest BCUT2D eigenvalue weighted by Crippen LogP contribution is 2.39. The van der Waals surface area contributed by atoms with Gasteiger partial charge in [0, 0.05) is 23.7 Å². The van der Waals surface area contributed by atoms with Crippen molar-refractivity contribution in [3.8, 4) is 11.3 Å². The third kappa shape index (κ3) is 6.89. The summed E-state index contributed by atoms with van der Waals surface area (Å²) in [5.41, 5.74) is 10.5. The number of carbonyl (C=O) groups is 1. The van der Waals surface area contributed by atoms with E-state index in [1.54, 1.807) is 6.20 Å². The van der Waals surface area contributed by atoms with Gasteiger partial charge in [0.05, 0.1) is 17.8 Å². The molecule has 0 aliphatic rings. The van der Waals surface area contributed by atoms with Crippen LogP contribution in [0.5, 0.6) is 0 Å². The fourth-order valence-electron chi connectivity index (χ4n) is 4.67. The van der Waals surface area contributed by atoms with Gasteiger partial charge < -0.3 is 21.3 Å². The summed E-state index contributed by atoms with van der Waals surface area (Å²) < 4.78 is 0. The summed E-state index contributed by atoms with van der Waals surface area (Å²) in [4.78, 5) is 15.8. The van der Waals surface area contributed by atoms with Gasteiger partial charge in [0.2, 0.25) is 0 Å². The Morgan fingerprint density at radius 3 is 2.21 bits per heavy atom. The van der Waals surface area contributed by atoms with Crippen LogP contribution in [0.4, 0.5) is 4.79 Å². The monoisotopic (exact) mass is 461 g/mol. The SMILES string of the molecule is CC(C)(C)C(c1ccc(-c2ccccn2)cc1)[C@@H](N)C[C@@H](O)[C@H](Cc1ccccc1)NC(=O)O. The molecular weight excluding hydrogens is 426 g/mol. The number of amides is 1. The molecule has 6 heteroatoms. The highest BCUT2D eigenvalue weighted by atomic mass is 16.4. The molecule has 4 atom stereocenters. The molecule has 0 aliphatic heterocycles. The number of pyridine rings is 1. The van der Waals surface area contributed by atoms with Crippen LogP contribution in [0.15, 0.2) is 79.0 Å². The number of aromatic nitrogens is 1. The first-order valence-electron chi connectivity index (χ1n) is 11.6. The zero-order chi connectivity index (χ0) is 24.7. The molecule has 0 saturated heterocycles. The third-order valence-corrected chi connectivity index (χ3v) is 6.18. The van der Waals surface area contributed by atoms with Crippen molar-refractivity contribution in [2.75, 3.05) is 0 Å². The Hall–Kier alpha value is -3.22. The summed E-state index contributed by atoms with van der Waals surface area (Å²) in [6.45, 7) is 6.40. The number of hydrogen-bond acceptors (Lipinski definition) is 4. The van der Waals surface area contributed by atoms with E-state index in [9.17, 15) is 15.0 Å². The van der Waals surface area contributed by atoms with Gasteiger partial charge in [0.15, 0.2) is 0 Å². The molecular formula is C28H35N3O3. The van der Waals surface area contributed by atoms with Crippen molar-refractivity contribution in [2.45, 2.75) is 57.7 Å². The van der Waals surface area contributed by atoms with E-state index in [0.717, 1.165) is 22.4 Å². The minimum absolute atomic E-state index is 0.0397. The molecule has 0 spiro atoms. The molecule has 0 fully saturated rings. The Balaban J connectivity index is 1.78. The fraction of sp³-hybridized carbons (Fsp3) is 0.357. The summed E-state index contributed by atoms with van der Waals surface area (Å²) in [6, 6.07) is 22.6. The quantitative estimate of drug-likeness (QED) is 0.365. The Bertz CT molecular complexity index is 1030. The van der Waals surface area contributed by atoms with E-state index >= 15 is 0 Å². The van der Waals surface area contributed by atoms with Crippen molar-refractivity contribution in [3.05, 3.63) is 90.1 Å². The maximum absolute atomic E-state index is 11.4. The average molecular weight is 462 g/mol. The maximum Gasteiger partial charge on any atom is 0.404 e. The van der Waals surface area contributed by atoms with Gasteiger partial charge in [0.25, 0.3) is 0 Å². The molecule has 0 bridgehead atoms. The zero-order valence-electron chi connectivity index (χ0n) is 20.1. The Labute approximate surface area is 201 Å². The first kappa shape index (κ1) is 25.4. The number of nitrogens with zero attached hydrogens (tertiary/aromatic N) is 1. The van der Waals surface area contributed by atoms with Gasteiger partial charge in [-0.1, -0.05) is 81.4 Å². The molecule has 5 N–H and O–H groups in total. The summed E-state index contributed by atoms with van der Waals surface area (Å²) in [5.74, 6) is -0.0397. The molecule has 1 amide bonds. The lowest BCUT2D eigenvalue weighted by atomic mass is 9.71. The van der Waals surface area contributed by atoms with E-state index in [4.69, 9.17) is 5.73 Å². The standard InChI is InChI=1S/C28H35N3O3/c1-28(2,3)26(21-14-12-20(13-15-21)23-11-7-8-16-30-23)22(29)18-25(32)24(31-27(33)34)17-19-9-5-4-6-10-19/h4-16,22,24-26,31-32H,17-18,29H2,1-3H3,(H,33,34)/t22-,24-,25+,26?/m0/s1. The van der Waals surface area contributed by atoms with E-state index in [0.29, 0.717) is 6.42 Å². The van der Waals surface area contributed by atoms with Crippen molar-refractivity contribution in [3.63, 3.8) is 0 Å². The lowest BCUT2D eigenvalue weighted by molar-refractivity contribution is 0.0956. The van der Waals surface area contributed by atoms with Gasteiger partial charge in [-0.15, -0.1) is 0 Å². The molecule has 3 rings (SSSR count). The van der Waals surface area contributed by atoms with Gasteiger partial charge in [-0.3, -0.25) is 4.98 Å². The van der Waals surface area contributed by atoms with E-state index in [-0.39, 0.29) is 23.8 Å². The number of carboxylic acid groups (broad SMARTS) is 1. The molecule has 180 valence electrons. The minimum Gasteiger partial charge on any atom is -0.465 e. The van der Waals surface area contributed by atoms with Crippen LogP contribution >= 0.6 is 0 Å². The van der Waals surface area contributed by atoms with E-state index < -0.39 is 18.2 Å². The second kappa shape index (κ2) is 11.3. The Morgan fingerprint density at radius 1 is 1.00 bits per heavy atom. The van der Waals surface area contributed by atoms with Crippen LogP contribution in [0.25, 0.3) is 11.3 Å². The van der Waals surface area contributed by atoms with Crippen molar-refractivity contribution in [2.24, 2.45) is 11.1 Å². The van der Waals surface area contributed by atoms with Crippen molar-refractivity contribution in [1.29, 1.82) is 0 Å². The lowest BCUT2D eigenvalue weighted by Crippen LogP contribution is -2.48. The van der Waals surface area contributed by atoms with E-state index in [1.165, 1.54) is 0 Å². The number of nitrogens with one attached hydrogen (secondary N) is 1. The number of aliphatic hydroxyl groups is 1. The molecule has 1 aromatic heterocycles. The van der Waals surface area contributed by atoms with Crippen LogP contribution < -0.4 is 11.1 Å². The van der Waals surface area contributed by atoms with E-state index in [1.807, 2.05) is 60.7 Å². The van der Waals surface area contributed by atoms with Crippen molar-refractivity contribution < 1.29 is 15.0 Å². The van der Waals surface area contributed by atoms with Crippen molar-refractivity contribution >= 4 is 6.09 Å². The molecule has 1 heterocycles. The molecule has 34 heavy (non-hydrogen) atoms. The summed E-state index contributed by atoms with van der Waals surface area (Å²) >= 11 is 0. The second-order valence-corrected chi connectivity index (χ2v) is 9.89. The first-order valence-corrected chi connectivity index (χ1v) is 11.6. The van der Waals surface area contributed by atoms with Crippen LogP contribution in [0.2, 0.25) is 0 Å². The highest BCUT2D eigenvalue weighted by Gasteiger charge is 2.34. The molecule has 2 aromatic carbocycles. The summed E-state index contributed by atoms with van der Waals surface area (Å²) in [7, 11) is 0. The number of nitrogens with two attached hydrogens (primary N) is 1. The smallest absolute Gasteiger partial charge is 0.404 e. The number of benzene rings is 2. The van der Waals surface area contributed by atoms with Gasteiger partial charge in [-0.2, -0.15) is 0 Å². The average Bonchev–Trinajstić information content (AvgIpc) is 2.79. The van der Waals surface area contributed by atoms with Gasteiger partial charge in [-0.25, -0.2) is 4.79 Å². The molecule has 3 aromatic rings. The fourth-order valence-corrected chi connectivity index (χ4v) is 4.67. The van der Waals surface area contributed by atoms with Gasteiger partial charge >= 0.3 is 6.09 Å². The molecule has 0 saturated carbocycles. The zero-order valence-corrected chi connectivity index (χ0v) is 20.1. The summed E-state index contributed by atoms with van der Waals surface area (Å²) in [5, 5.41) is 22.8. The number of hydrogen-bond donors (Lipinski definition) is 4. The normalized spacial score (nSPS) is 15.2. The van der Waals surface area contributed by atoms with Crippen molar-refractivity contribution in [1.82, 2.24) is 10.3 Å². The molecule has 0 aliphatic carbocycles. The lowest BCUT2D eigenvalue weighted by Gasteiger charge is -2.37. The Morgan fingerprint density at radius 2 is 1.65 bits per heavy atom. The molecule has 6 nitrogen and oxygen atoms in total. The largest absolute Gasteiger partial charge is 0.465 e. The van der Waals surface area contributed by atoms with Crippen LogP contribution in [-0.4, -0.2) is 39.5 Å². The van der Waals surface area contributed by atoms with Crippen LogP contribution in [0, 0.1) is 5.41 Å². The minimum atomic E-state index is -1.16. The Kier molecular flexibility index (Phi) is 8.42. The second-order valence-electron chi connectivity index (χ2n) is 9.89. The van der Waals surface area contributed by atoms with Crippen LogP contribution in [-0.2, 0) is 6.42 Å².